The fraction of sp³-hybridized carbons (Fsp3) is 0.900. The number of Topliss-reactive ketones (excluding diaryl/α,β-unsaturated/α-hetero) is 1. The van der Waals surface area contributed by atoms with Gasteiger partial charge in [-0.15, -0.1) is 0 Å². The van der Waals surface area contributed by atoms with E-state index in [4.69, 9.17) is 0 Å². The predicted molar refractivity (Wildman–Crippen MR) is 46.7 cm³/mol. The van der Waals surface area contributed by atoms with E-state index in [0.717, 1.165) is 6.42 Å². The Labute approximate surface area is 73.3 Å². The van der Waals surface area contributed by atoms with Crippen molar-refractivity contribution in [3.8, 4) is 0 Å². The first-order valence-electron chi connectivity index (χ1n) is 4.58. The van der Waals surface area contributed by atoms with E-state index < -0.39 is 6.17 Å². The van der Waals surface area contributed by atoms with Crippen molar-refractivity contribution in [2.75, 3.05) is 0 Å². The molecule has 0 spiro atoms. The number of alkyl halides is 1. The topological polar surface area (TPSA) is 17.1 Å². The van der Waals surface area contributed by atoms with E-state index in [1.807, 2.05) is 0 Å². The number of ketones is 1. The van der Waals surface area contributed by atoms with E-state index in [1.54, 1.807) is 0 Å². The van der Waals surface area contributed by atoms with Gasteiger partial charge in [0.25, 0.3) is 0 Å². The Kier molecular flexibility index (Phi) is 2.55. The van der Waals surface area contributed by atoms with Crippen molar-refractivity contribution >= 4 is 5.78 Å². The Morgan fingerprint density at radius 1 is 1.42 bits per heavy atom. The van der Waals surface area contributed by atoms with Crippen LogP contribution in [0.5, 0.6) is 0 Å². The third kappa shape index (κ3) is 2.05. The van der Waals surface area contributed by atoms with Gasteiger partial charge >= 0.3 is 0 Å². The number of halogens is 1. The Bertz CT molecular complexity index is 181. The van der Waals surface area contributed by atoms with Gasteiger partial charge in [0, 0.05) is 6.42 Å². The molecule has 1 aliphatic rings. The lowest BCUT2D eigenvalue weighted by Gasteiger charge is -2.34. The molecule has 0 amide bonds. The summed E-state index contributed by atoms with van der Waals surface area (Å²) in [6.07, 6.45) is 0.539. The summed E-state index contributed by atoms with van der Waals surface area (Å²) in [6, 6.07) is 0. The number of rotatable bonds is 0. The molecule has 0 aromatic heterocycles. The molecule has 0 bridgehead atoms. The lowest BCUT2D eigenvalue weighted by molar-refractivity contribution is -0.127. The van der Waals surface area contributed by atoms with Crippen LogP contribution in [0.4, 0.5) is 4.39 Å². The maximum atomic E-state index is 13.0. The van der Waals surface area contributed by atoms with E-state index >= 15 is 0 Å². The largest absolute Gasteiger partial charge is 0.296 e. The molecule has 1 nitrogen and oxygen atoms in total. The average Bonchev–Trinajstić information content (AvgIpc) is 1.92. The van der Waals surface area contributed by atoms with E-state index in [-0.39, 0.29) is 11.2 Å². The summed E-state index contributed by atoms with van der Waals surface area (Å²) in [7, 11) is 0. The highest BCUT2D eigenvalue weighted by Crippen LogP contribution is 2.37. The minimum atomic E-state index is -1.19. The van der Waals surface area contributed by atoms with Crippen LogP contribution in [-0.4, -0.2) is 12.0 Å². The van der Waals surface area contributed by atoms with Gasteiger partial charge in [-0.3, -0.25) is 4.79 Å². The molecule has 0 aromatic carbocycles. The predicted octanol–water partition coefficient (Wildman–Crippen LogP) is 2.74. The zero-order valence-electron chi connectivity index (χ0n) is 8.06. The Morgan fingerprint density at radius 2 is 2.00 bits per heavy atom. The minimum absolute atomic E-state index is 0.144. The highest BCUT2D eigenvalue weighted by atomic mass is 19.1. The number of hydrogen-bond donors (Lipinski definition) is 0. The number of hydrogen-bond acceptors (Lipinski definition) is 1. The first-order valence-corrected chi connectivity index (χ1v) is 4.58. The Hall–Kier alpha value is -0.400. The van der Waals surface area contributed by atoms with Gasteiger partial charge in [-0.25, -0.2) is 4.39 Å². The van der Waals surface area contributed by atoms with Crippen LogP contribution in [0.25, 0.3) is 0 Å². The van der Waals surface area contributed by atoms with Crippen molar-refractivity contribution in [3.63, 3.8) is 0 Å². The standard InChI is InChI=1S/C10H17FO/c1-10(2,3)7-4-5-9(12)8(11)6-7/h7-8H,4-6H2,1-3H3/t7-,8+/m1/s1. The number of carbonyl (C=O) groups excluding carboxylic acids is 1. The SMILES string of the molecule is CC(C)(C)[C@@H]1CCC(=O)[C@@H](F)C1. The quantitative estimate of drug-likeness (QED) is 0.549. The van der Waals surface area contributed by atoms with E-state index in [2.05, 4.69) is 20.8 Å². The van der Waals surface area contributed by atoms with Crippen molar-refractivity contribution < 1.29 is 9.18 Å². The smallest absolute Gasteiger partial charge is 0.166 e. The Balaban J connectivity index is 2.57. The zero-order chi connectivity index (χ0) is 9.35. The van der Waals surface area contributed by atoms with Gasteiger partial charge in [-0.1, -0.05) is 20.8 Å². The minimum Gasteiger partial charge on any atom is -0.296 e. The van der Waals surface area contributed by atoms with Crippen LogP contribution in [0.15, 0.2) is 0 Å². The zero-order valence-corrected chi connectivity index (χ0v) is 8.06. The van der Waals surface area contributed by atoms with Crippen LogP contribution >= 0.6 is 0 Å². The van der Waals surface area contributed by atoms with Gasteiger partial charge in [-0.05, 0) is 24.2 Å². The maximum absolute atomic E-state index is 13.0. The first-order chi connectivity index (χ1) is 5.41. The maximum Gasteiger partial charge on any atom is 0.166 e. The molecule has 0 N–H and O–H groups in total. The monoisotopic (exact) mass is 172 g/mol. The molecule has 1 rings (SSSR count). The van der Waals surface area contributed by atoms with Crippen molar-refractivity contribution in [1.29, 1.82) is 0 Å². The highest BCUT2D eigenvalue weighted by molar-refractivity contribution is 5.83. The molecule has 2 heteroatoms. The second kappa shape index (κ2) is 3.15. The van der Waals surface area contributed by atoms with Crippen molar-refractivity contribution in [2.45, 2.75) is 46.2 Å². The molecule has 0 aliphatic heterocycles. The lowest BCUT2D eigenvalue weighted by Crippen LogP contribution is -2.32. The van der Waals surface area contributed by atoms with Crippen molar-refractivity contribution in [1.82, 2.24) is 0 Å². The third-order valence-electron chi connectivity index (χ3n) is 2.80. The molecule has 1 aliphatic carbocycles. The molecule has 2 atom stereocenters. The summed E-state index contributed by atoms with van der Waals surface area (Å²) < 4.78 is 13.0. The summed E-state index contributed by atoms with van der Waals surface area (Å²) in [6.45, 7) is 6.33. The van der Waals surface area contributed by atoms with Gasteiger partial charge in [-0.2, -0.15) is 0 Å². The second-order valence-electron chi connectivity index (χ2n) is 4.77. The second-order valence-corrected chi connectivity index (χ2v) is 4.77. The lowest BCUT2D eigenvalue weighted by atomic mass is 9.71. The first kappa shape index (κ1) is 9.69. The van der Waals surface area contributed by atoms with E-state index in [0.29, 0.717) is 18.8 Å². The van der Waals surface area contributed by atoms with Crippen LogP contribution in [0, 0.1) is 11.3 Å². The molecule has 0 aromatic rings. The van der Waals surface area contributed by atoms with E-state index in [9.17, 15) is 9.18 Å². The summed E-state index contributed by atoms with van der Waals surface area (Å²) in [5.74, 6) is 0.167. The fourth-order valence-electron chi connectivity index (χ4n) is 1.76. The molecule has 1 saturated carbocycles. The van der Waals surface area contributed by atoms with Crippen molar-refractivity contribution in [2.24, 2.45) is 11.3 Å². The number of carbonyl (C=O) groups is 1. The summed E-state index contributed by atoms with van der Waals surface area (Å²) >= 11 is 0. The Morgan fingerprint density at radius 3 is 2.42 bits per heavy atom. The normalized spacial score (nSPS) is 32.2. The van der Waals surface area contributed by atoms with Crippen LogP contribution in [0.3, 0.4) is 0 Å². The summed E-state index contributed by atoms with van der Waals surface area (Å²) in [4.78, 5) is 10.9. The van der Waals surface area contributed by atoms with Gasteiger partial charge in [0.15, 0.2) is 12.0 Å². The van der Waals surface area contributed by atoms with Gasteiger partial charge in [0.05, 0.1) is 0 Å². The van der Waals surface area contributed by atoms with Crippen molar-refractivity contribution in [3.05, 3.63) is 0 Å². The summed E-state index contributed by atoms with van der Waals surface area (Å²) in [5.41, 5.74) is 0.144. The molecule has 70 valence electrons. The van der Waals surface area contributed by atoms with Gasteiger partial charge in [0.1, 0.15) is 0 Å². The molecular formula is C10H17FO. The molecule has 0 radical (unpaired) electrons. The van der Waals surface area contributed by atoms with Crippen LogP contribution in [-0.2, 0) is 4.79 Å². The molecule has 1 fully saturated rings. The molecular weight excluding hydrogens is 155 g/mol. The van der Waals surface area contributed by atoms with Crippen LogP contribution < -0.4 is 0 Å². The molecule has 0 saturated heterocycles. The van der Waals surface area contributed by atoms with Gasteiger partial charge in [0.2, 0.25) is 0 Å². The third-order valence-corrected chi connectivity index (χ3v) is 2.80. The van der Waals surface area contributed by atoms with Crippen LogP contribution in [0.2, 0.25) is 0 Å². The molecule has 0 heterocycles. The fourth-order valence-corrected chi connectivity index (χ4v) is 1.76. The highest BCUT2D eigenvalue weighted by Gasteiger charge is 2.34. The average molecular weight is 172 g/mol. The van der Waals surface area contributed by atoms with Gasteiger partial charge < -0.3 is 0 Å². The summed E-state index contributed by atoms with van der Waals surface area (Å²) in [5, 5.41) is 0. The molecule has 0 unspecified atom stereocenters. The van der Waals surface area contributed by atoms with Crippen LogP contribution in [0.1, 0.15) is 40.0 Å². The molecule has 12 heavy (non-hydrogen) atoms. The van der Waals surface area contributed by atoms with E-state index in [1.165, 1.54) is 0 Å².